The predicted octanol–water partition coefficient (Wildman–Crippen LogP) is 3.56. The second kappa shape index (κ2) is 5.29. The summed E-state index contributed by atoms with van der Waals surface area (Å²) in [5, 5.41) is 4.88. The average Bonchev–Trinajstić information content (AvgIpc) is 2.96. The lowest BCUT2D eigenvalue weighted by atomic mass is 9.91. The van der Waals surface area contributed by atoms with Crippen molar-refractivity contribution in [3.63, 3.8) is 0 Å². The topological polar surface area (TPSA) is 24.9 Å². The van der Waals surface area contributed by atoms with Gasteiger partial charge in [-0.2, -0.15) is 11.8 Å². The first-order valence-corrected chi connectivity index (χ1v) is 8.43. The van der Waals surface area contributed by atoms with Crippen molar-refractivity contribution >= 4 is 23.1 Å². The Labute approximate surface area is 113 Å². The molecule has 2 nitrogen and oxygen atoms in total. The third kappa shape index (κ3) is 3.70. The van der Waals surface area contributed by atoms with Gasteiger partial charge in [0, 0.05) is 28.6 Å². The molecule has 0 atom stereocenters. The van der Waals surface area contributed by atoms with Crippen LogP contribution in [0.5, 0.6) is 0 Å². The highest BCUT2D eigenvalue weighted by atomic mass is 32.2. The van der Waals surface area contributed by atoms with Crippen LogP contribution in [0, 0.1) is 0 Å². The van der Waals surface area contributed by atoms with Gasteiger partial charge >= 0.3 is 0 Å². The van der Waals surface area contributed by atoms with Crippen LogP contribution in [0.4, 0.5) is 0 Å². The summed E-state index contributed by atoms with van der Waals surface area (Å²) < 4.78 is 0. The molecule has 17 heavy (non-hydrogen) atoms. The number of hydrogen-bond donors (Lipinski definition) is 1. The van der Waals surface area contributed by atoms with Gasteiger partial charge in [-0.3, -0.25) is 0 Å². The van der Waals surface area contributed by atoms with E-state index in [-0.39, 0.29) is 5.41 Å². The Morgan fingerprint density at radius 1 is 1.41 bits per heavy atom. The van der Waals surface area contributed by atoms with Crippen LogP contribution < -0.4 is 5.32 Å². The number of hydrogen-bond acceptors (Lipinski definition) is 4. The van der Waals surface area contributed by atoms with Crippen LogP contribution in [0.25, 0.3) is 0 Å². The van der Waals surface area contributed by atoms with Crippen LogP contribution in [0.3, 0.4) is 0 Å². The Morgan fingerprint density at radius 3 is 2.65 bits per heavy atom. The molecule has 1 saturated carbocycles. The number of nitrogens with one attached hydrogen (secondary N) is 1. The molecule has 96 valence electrons. The van der Waals surface area contributed by atoms with Gasteiger partial charge in [0.2, 0.25) is 0 Å². The quantitative estimate of drug-likeness (QED) is 0.885. The van der Waals surface area contributed by atoms with Crippen molar-refractivity contribution in [3.05, 3.63) is 15.6 Å². The van der Waals surface area contributed by atoms with Crippen LogP contribution in [0.2, 0.25) is 0 Å². The maximum absolute atomic E-state index is 4.83. The third-order valence-electron chi connectivity index (χ3n) is 2.85. The normalized spacial score (nSPS) is 16.5. The Morgan fingerprint density at radius 2 is 2.12 bits per heavy atom. The zero-order chi connectivity index (χ0) is 12.5. The molecule has 1 aliphatic rings. The molecule has 2 rings (SSSR count). The lowest BCUT2D eigenvalue weighted by Gasteiger charge is -2.17. The summed E-state index contributed by atoms with van der Waals surface area (Å²) in [5.74, 6) is 1.04. The van der Waals surface area contributed by atoms with Crippen LogP contribution >= 0.6 is 23.1 Å². The number of nitrogens with zero attached hydrogens (tertiary/aromatic N) is 1. The molecule has 0 bridgehead atoms. The van der Waals surface area contributed by atoms with E-state index < -0.39 is 0 Å². The van der Waals surface area contributed by atoms with Crippen molar-refractivity contribution in [1.82, 2.24) is 10.3 Å². The molecular weight excluding hydrogens is 248 g/mol. The highest BCUT2D eigenvalue weighted by Gasteiger charge is 2.25. The Kier molecular flexibility index (Phi) is 4.16. The second-order valence-corrected chi connectivity index (χ2v) is 7.75. The summed E-state index contributed by atoms with van der Waals surface area (Å²) in [7, 11) is 0. The highest BCUT2D eigenvalue weighted by Crippen LogP contribution is 2.31. The summed E-state index contributed by atoms with van der Waals surface area (Å²) in [5.41, 5.74) is 1.45. The van der Waals surface area contributed by atoms with Crippen LogP contribution in [-0.4, -0.2) is 17.3 Å². The van der Waals surface area contributed by atoms with E-state index >= 15 is 0 Å². The molecule has 0 unspecified atom stereocenters. The standard InChI is InChI=1S/C13H22N2S2/c1-13(2,3)12-10(7-14-9-5-6-9)17-11(15-12)8-16-4/h9,14H,5-8H2,1-4H3. The van der Waals surface area contributed by atoms with Crippen LogP contribution in [-0.2, 0) is 17.7 Å². The van der Waals surface area contributed by atoms with Gasteiger partial charge in [0.15, 0.2) is 0 Å². The van der Waals surface area contributed by atoms with E-state index in [1.807, 2.05) is 23.1 Å². The number of aromatic nitrogens is 1. The predicted molar refractivity (Wildman–Crippen MR) is 77.9 cm³/mol. The van der Waals surface area contributed by atoms with Crippen molar-refractivity contribution in [1.29, 1.82) is 0 Å². The minimum atomic E-state index is 0.160. The minimum absolute atomic E-state index is 0.160. The van der Waals surface area contributed by atoms with Crippen molar-refractivity contribution in [2.75, 3.05) is 6.26 Å². The first kappa shape index (κ1) is 13.4. The number of rotatable bonds is 5. The molecule has 1 aliphatic carbocycles. The SMILES string of the molecule is CSCc1nc(C(C)(C)C)c(CNC2CC2)s1. The minimum Gasteiger partial charge on any atom is -0.309 e. The Hall–Kier alpha value is -0.0600. The molecule has 0 amide bonds. The number of thiazole rings is 1. The summed E-state index contributed by atoms with van der Waals surface area (Å²) in [6.45, 7) is 7.77. The molecule has 0 aromatic carbocycles. The fourth-order valence-corrected chi connectivity index (χ4v) is 3.74. The van der Waals surface area contributed by atoms with Crippen molar-refractivity contribution in [2.24, 2.45) is 0 Å². The first-order valence-electron chi connectivity index (χ1n) is 6.22. The van der Waals surface area contributed by atoms with Gasteiger partial charge in [-0.1, -0.05) is 20.8 Å². The zero-order valence-corrected chi connectivity index (χ0v) is 12.8. The largest absolute Gasteiger partial charge is 0.309 e. The average molecular weight is 270 g/mol. The maximum atomic E-state index is 4.83. The number of thioether (sulfide) groups is 1. The van der Waals surface area contributed by atoms with Gasteiger partial charge < -0.3 is 5.32 Å². The lowest BCUT2D eigenvalue weighted by Crippen LogP contribution is -2.19. The molecule has 1 N–H and O–H groups in total. The molecular formula is C13H22N2S2. The van der Waals surface area contributed by atoms with Gasteiger partial charge in [-0.05, 0) is 19.1 Å². The van der Waals surface area contributed by atoms with E-state index in [1.165, 1.54) is 28.4 Å². The molecule has 1 fully saturated rings. The van der Waals surface area contributed by atoms with Crippen LogP contribution in [0.1, 0.15) is 49.2 Å². The highest BCUT2D eigenvalue weighted by molar-refractivity contribution is 7.97. The van der Waals surface area contributed by atoms with Crippen molar-refractivity contribution in [2.45, 2.75) is 57.4 Å². The van der Waals surface area contributed by atoms with Gasteiger partial charge in [0.05, 0.1) is 5.69 Å². The van der Waals surface area contributed by atoms with E-state index in [1.54, 1.807) is 0 Å². The summed E-state index contributed by atoms with van der Waals surface area (Å²) in [4.78, 5) is 6.27. The third-order valence-corrected chi connectivity index (χ3v) is 4.65. The second-order valence-electron chi connectivity index (χ2n) is 5.72. The lowest BCUT2D eigenvalue weighted by molar-refractivity contribution is 0.558. The molecule has 1 aromatic heterocycles. The van der Waals surface area contributed by atoms with E-state index in [2.05, 4.69) is 32.3 Å². The molecule has 1 heterocycles. The van der Waals surface area contributed by atoms with E-state index in [0.29, 0.717) is 0 Å². The molecule has 0 saturated heterocycles. The van der Waals surface area contributed by atoms with Crippen LogP contribution in [0.15, 0.2) is 0 Å². The van der Waals surface area contributed by atoms with E-state index in [9.17, 15) is 0 Å². The monoisotopic (exact) mass is 270 g/mol. The van der Waals surface area contributed by atoms with Gasteiger partial charge in [0.25, 0.3) is 0 Å². The molecule has 0 spiro atoms. The maximum Gasteiger partial charge on any atom is 0.103 e. The summed E-state index contributed by atoms with van der Waals surface area (Å²) in [6.07, 6.45) is 4.84. The van der Waals surface area contributed by atoms with E-state index in [4.69, 9.17) is 4.98 Å². The van der Waals surface area contributed by atoms with Gasteiger partial charge in [0.1, 0.15) is 5.01 Å². The molecule has 4 heteroatoms. The summed E-state index contributed by atoms with van der Waals surface area (Å²) >= 11 is 3.74. The fourth-order valence-electron chi connectivity index (χ4n) is 1.82. The van der Waals surface area contributed by atoms with Crippen molar-refractivity contribution in [3.8, 4) is 0 Å². The van der Waals surface area contributed by atoms with Gasteiger partial charge in [-0.15, -0.1) is 11.3 Å². The molecule has 0 radical (unpaired) electrons. The fraction of sp³-hybridized carbons (Fsp3) is 0.769. The molecule has 1 aromatic rings. The Balaban J connectivity index is 2.13. The van der Waals surface area contributed by atoms with E-state index in [0.717, 1.165) is 18.3 Å². The van der Waals surface area contributed by atoms with Crippen molar-refractivity contribution < 1.29 is 0 Å². The smallest absolute Gasteiger partial charge is 0.103 e. The summed E-state index contributed by atoms with van der Waals surface area (Å²) in [6, 6.07) is 0.772. The van der Waals surface area contributed by atoms with Gasteiger partial charge in [-0.25, -0.2) is 4.98 Å². The zero-order valence-electron chi connectivity index (χ0n) is 11.2. The molecule has 0 aliphatic heterocycles. The first-order chi connectivity index (χ1) is 8.00. The Bertz CT molecular complexity index is 375.